The van der Waals surface area contributed by atoms with Gasteiger partial charge in [0.15, 0.2) is 5.82 Å². The number of benzene rings is 1. The first kappa shape index (κ1) is 24.2. The summed E-state index contributed by atoms with van der Waals surface area (Å²) in [5.41, 5.74) is 7.76. The molecule has 0 saturated carbocycles. The molecule has 2 atom stereocenters. The van der Waals surface area contributed by atoms with Crippen molar-refractivity contribution in [1.29, 1.82) is 0 Å². The topological polar surface area (TPSA) is 106 Å². The molecule has 1 fully saturated rings. The Morgan fingerprint density at radius 1 is 1.38 bits per heavy atom. The van der Waals surface area contributed by atoms with Crippen LogP contribution in [0.2, 0.25) is 5.02 Å². The van der Waals surface area contributed by atoms with E-state index in [1.807, 2.05) is 18.2 Å². The van der Waals surface area contributed by atoms with Gasteiger partial charge in [-0.3, -0.25) is 9.20 Å². The van der Waals surface area contributed by atoms with E-state index in [0.717, 1.165) is 0 Å². The number of nitrogens with zero attached hydrogens (tertiary/aromatic N) is 4. The molecule has 3 aromatic rings. The molecule has 0 radical (unpaired) electrons. The van der Waals surface area contributed by atoms with Crippen molar-refractivity contribution in [2.75, 3.05) is 18.8 Å². The zero-order valence-electron chi connectivity index (χ0n) is 19.7. The van der Waals surface area contributed by atoms with Crippen LogP contribution < -0.4 is 10.5 Å². The third-order valence-electron chi connectivity index (χ3n) is 6.09. The second-order valence-corrected chi connectivity index (χ2v) is 9.39. The highest BCUT2D eigenvalue weighted by Crippen LogP contribution is 2.40. The average molecular weight is 490 g/mol. The number of nitrogens with two attached hydrogens (primary N) is 1. The summed E-state index contributed by atoms with van der Waals surface area (Å²) in [6.45, 7) is 7.89. The lowest BCUT2D eigenvalue weighted by atomic mass is 9.95. The second-order valence-electron chi connectivity index (χ2n) is 8.99. The number of hydrogen-bond donors (Lipinski definition) is 2. The summed E-state index contributed by atoms with van der Waals surface area (Å²) in [5.74, 6) is -0.707. The fraction of sp³-hybridized carbons (Fsp3) is 0.458. The van der Waals surface area contributed by atoms with E-state index in [1.54, 1.807) is 26.2 Å². The van der Waals surface area contributed by atoms with E-state index in [4.69, 9.17) is 27.1 Å². The van der Waals surface area contributed by atoms with Gasteiger partial charge in [-0.1, -0.05) is 18.5 Å². The normalized spacial score (nSPS) is 17.4. The van der Waals surface area contributed by atoms with Gasteiger partial charge in [0.05, 0.1) is 22.9 Å². The molecule has 2 aromatic heterocycles. The van der Waals surface area contributed by atoms with Gasteiger partial charge in [-0.2, -0.15) is 0 Å². The van der Waals surface area contributed by atoms with Gasteiger partial charge in [-0.05, 0) is 39.7 Å². The number of aliphatic hydroxyl groups is 1. The summed E-state index contributed by atoms with van der Waals surface area (Å²) in [5, 5.41) is 9.88. The Hall–Kier alpha value is -2.91. The van der Waals surface area contributed by atoms with Crippen LogP contribution >= 0.6 is 11.6 Å². The van der Waals surface area contributed by atoms with E-state index in [0.29, 0.717) is 47.8 Å². The number of aromatic nitrogens is 3. The number of hydrogen-bond acceptors (Lipinski definition) is 6. The lowest BCUT2D eigenvalue weighted by molar-refractivity contribution is 0.0464. The number of imidazole rings is 1. The fourth-order valence-electron chi connectivity index (χ4n) is 4.51. The van der Waals surface area contributed by atoms with Crippen LogP contribution in [-0.2, 0) is 0 Å². The smallest absolute Gasteiger partial charge is 0.260 e. The molecule has 1 unspecified atom stereocenters. The molecule has 10 heteroatoms. The van der Waals surface area contributed by atoms with Crippen LogP contribution in [0, 0.1) is 12.7 Å². The number of aliphatic hydroxyl groups excluding tert-OH is 1. The number of nitrogen functional groups attached to an aromatic ring is 1. The minimum atomic E-state index is -0.837. The Morgan fingerprint density at radius 3 is 2.79 bits per heavy atom. The maximum Gasteiger partial charge on any atom is 0.260 e. The number of fused-ring (bicyclic) bond motifs is 1. The number of piperidine rings is 1. The summed E-state index contributed by atoms with van der Waals surface area (Å²) < 4.78 is 23.3. The van der Waals surface area contributed by atoms with E-state index < -0.39 is 23.7 Å². The third-order valence-corrected chi connectivity index (χ3v) is 6.37. The van der Waals surface area contributed by atoms with Gasteiger partial charge in [0.25, 0.3) is 5.91 Å². The van der Waals surface area contributed by atoms with E-state index in [2.05, 4.69) is 4.98 Å². The second kappa shape index (κ2) is 9.38. The molecule has 0 bridgehead atoms. The summed E-state index contributed by atoms with van der Waals surface area (Å²) in [6.07, 6.45) is 3.60. The quantitative estimate of drug-likeness (QED) is 0.562. The van der Waals surface area contributed by atoms with Crippen LogP contribution in [-0.4, -0.2) is 55.6 Å². The van der Waals surface area contributed by atoms with Crippen LogP contribution in [0.15, 0.2) is 18.5 Å². The number of anilines is 1. The lowest BCUT2D eigenvalue weighted by Crippen LogP contribution is -2.42. The molecular formula is C24H29ClFN5O3. The highest BCUT2D eigenvalue weighted by Gasteiger charge is 2.33. The molecule has 1 amide bonds. The van der Waals surface area contributed by atoms with Gasteiger partial charge in [0, 0.05) is 37.0 Å². The van der Waals surface area contributed by atoms with Gasteiger partial charge in [0.1, 0.15) is 28.5 Å². The van der Waals surface area contributed by atoms with E-state index >= 15 is 4.39 Å². The van der Waals surface area contributed by atoms with Crippen molar-refractivity contribution in [2.45, 2.75) is 58.7 Å². The Kier molecular flexibility index (Phi) is 6.69. The zero-order valence-corrected chi connectivity index (χ0v) is 20.4. The molecule has 8 nitrogen and oxygen atoms in total. The van der Waals surface area contributed by atoms with Crippen molar-refractivity contribution in [3.8, 4) is 5.75 Å². The van der Waals surface area contributed by atoms with Crippen LogP contribution in [0.5, 0.6) is 5.75 Å². The Morgan fingerprint density at radius 2 is 2.12 bits per heavy atom. The SMILES string of the molecule is Cc1nc([C@@H](C)c2cc(Cl)c(F)c(C(=O)N3CCCC(O)C3)c2OC(C)C)n2ccnc(N)c12. The molecule has 3 heterocycles. The van der Waals surface area contributed by atoms with Crippen molar-refractivity contribution in [2.24, 2.45) is 0 Å². The summed E-state index contributed by atoms with van der Waals surface area (Å²) in [7, 11) is 0. The van der Waals surface area contributed by atoms with Crippen molar-refractivity contribution in [1.82, 2.24) is 19.3 Å². The zero-order chi connectivity index (χ0) is 24.7. The Balaban J connectivity index is 1.89. The van der Waals surface area contributed by atoms with Gasteiger partial charge in [-0.15, -0.1) is 0 Å². The van der Waals surface area contributed by atoms with Crippen LogP contribution in [0.3, 0.4) is 0 Å². The first-order valence-electron chi connectivity index (χ1n) is 11.3. The molecule has 1 aliphatic heterocycles. The maximum atomic E-state index is 15.4. The molecule has 1 saturated heterocycles. The number of aryl methyl sites for hydroxylation is 1. The molecule has 3 N–H and O–H groups in total. The lowest BCUT2D eigenvalue weighted by Gasteiger charge is -2.31. The molecule has 0 aliphatic carbocycles. The maximum absolute atomic E-state index is 15.4. The van der Waals surface area contributed by atoms with Crippen LogP contribution in [0.25, 0.3) is 5.52 Å². The summed E-state index contributed by atoms with van der Waals surface area (Å²) >= 11 is 6.31. The van der Waals surface area contributed by atoms with E-state index in [1.165, 1.54) is 11.0 Å². The number of likely N-dealkylation sites (tertiary alicyclic amines) is 1. The number of β-amino-alcohol motifs (C(OH)–C–C–N with tert-alkyl or cyclic N) is 1. The highest BCUT2D eigenvalue weighted by atomic mass is 35.5. The number of carbonyl (C=O) groups excluding carboxylic acids is 1. The molecule has 1 aliphatic rings. The molecule has 1 aromatic carbocycles. The number of amides is 1. The highest BCUT2D eigenvalue weighted by molar-refractivity contribution is 6.31. The van der Waals surface area contributed by atoms with E-state index in [9.17, 15) is 9.90 Å². The standard InChI is InChI=1S/C24H29ClFN5O3/c1-12(2)34-21-16(13(3)23-29-14(4)20-22(27)28-7-9-31(20)23)10-17(25)19(26)18(21)24(33)30-8-5-6-15(32)11-30/h7,9-10,12-13,15,32H,5-6,8,11H2,1-4H3,(H2,27,28)/t13-,15?/m0/s1. The van der Waals surface area contributed by atoms with Gasteiger partial charge >= 0.3 is 0 Å². The van der Waals surface area contributed by atoms with Gasteiger partial charge in [-0.25, -0.2) is 14.4 Å². The number of carbonyl (C=O) groups is 1. The minimum Gasteiger partial charge on any atom is -0.490 e. The summed E-state index contributed by atoms with van der Waals surface area (Å²) in [6, 6.07) is 1.49. The molecule has 34 heavy (non-hydrogen) atoms. The van der Waals surface area contributed by atoms with Crippen LogP contribution in [0.1, 0.15) is 67.0 Å². The monoisotopic (exact) mass is 489 g/mol. The minimum absolute atomic E-state index is 0.130. The van der Waals surface area contributed by atoms with Crippen LogP contribution in [0.4, 0.5) is 10.2 Å². The van der Waals surface area contributed by atoms with E-state index in [-0.39, 0.29) is 29.0 Å². The summed E-state index contributed by atoms with van der Waals surface area (Å²) in [4.78, 5) is 23.8. The average Bonchev–Trinajstić information content (AvgIpc) is 3.13. The molecular weight excluding hydrogens is 461 g/mol. The first-order valence-corrected chi connectivity index (χ1v) is 11.7. The molecule has 182 valence electrons. The third kappa shape index (κ3) is 4.30. The fourth-order valence-corrected chi connectivity index (χ4v) is 4.73. The van der Waals surface area contributed by atoms with Crippen molar-refractivity contribution >= 4 is 28.8 Å². The number of halogens is 2. The first-order chi connectivity index (χ1) is 16.1. The van der Waals surface area contributed by atoms with Crippen molar-refractivity contribution < 1.29 is 19.0 Å². The number of rotatable bonds is 5. The predicted octanol–water partition coefficient (Wildman–Crippen LogP) is 3.95. The van der Waals surface area contributed by atoms with Gasteiger partial charge in [0.2, 0.25) is 0 Å². The Labute approximate surface area is 202 Å². The Bertz CT molecular complexity index is 1250. The predicted molar refractivity (Wildman–Crippen MR) is 128 cm³/mol. The van der Waals surface area contributed by atoms with Gasteiger partial charge < -0.3 is 20.5 Å². The molecule has 4 rings (SSSR count). The van der Waals surface area contributed by atoms with Crippen molar-refractivity contribution in [3.63, 3.8) is 0 Å². The van der Waals surface area contributed by atoms with Crippen molar-refractivity contribution in [3.05, 3.63) is 51.9 Å². The largest absolute Gasteiger partial charge is 0.490 e. The number of ether oxygens (including phenoxy) is 1. The molecule has 0 spiro atoms.